The van der Waals surface area contributed by atoms with Crippen molar-refractivity contribution in [2.75, 3.05) is 0 Å². The van der Waals surface area contributed by atoms with E-state index in [0.717, 1.165) is 16.3 Å². The van der Waals surface area contributed by atoms with Gasteiger partial charge in [-0.15, -0.1) is 11.3 Å². The molecule has 2 heterocycles. The summed E-state index contributed by atoms with van der Waals surface area (Å²) in [6.45, 7) is 0.252. The van der Waals surface area contributed by atoms with E-state index in [1.807, 2.05) is 5.38 Å². The SMILES string of the molecule is O=C(NCc1nc(-c2ccc(F)cc2)cs1)c1cccc(=O)[nH]1. The minimum Gasteiger partial charge on any atom is -0.344 e. The number of benzene rings is 1. The summed E-state index contributed by atoms with van der Waals surface area (Å²) in [5, 5.41) is 5.26. The third-order valence-electron chi connectivity index (χ3n) is 3.10. The molecule has 5 nitrogen and oxygen atoms in total. The van der Waals surface area contributed by atoms with Gasteiger partial charge in [-0.2, -0.15) is 0 Å². The lowest BCUT2D eigenvalue weighted by Crippen LogP contribution is -2.25. The highest BCUT2D eigenvalue weighted by Crippen LogP contribution is 2.22. The van der Waals surface area contributed by atoms with Gasteiger partial charge >= 0.3 is 0 Å². The predicted octanol–water partition coefficient (Wildman–Crippen LogP) is 2.57. The number of nitrogens with zero attached hydrogens (tertiary/aromatic N) is 1. The van der Waals surface area contributed by atoms with Crippen LogP contribution in [-0.2, 0) is 6.54 Å². The molecule has 23 heavy (non-hydrogen) atoms. The number of aromatic nitrogens is 2. The van der Waals surface area contributed by atoms with Crippen molar-refractivity contribution in [3.8, 4) is 11.3 Å². The van der Waals surface area contributed by atoms with Gasteiger partial charge in [0.2, 0.25) is 5.56 Å². The zero-order chi connectivity index (χ0) is 16.2. The summed E-state index contributed by atoms with van der Waals surface area (Å²) >= 11 is 1.40. The summed E-state index contributed by atoms with van der Waals surface area (Å²) in [6, 6.07) is 10.4. The molecule has 1 aromatic carbocycles. The van der Waals surface area contributed by atoms with E-state index in [9.17, 15) is 14.0 Å². The second-order valence-corrected chi connectivity index (χ2v) is 5.69. The fourth-order valence-electron chi connectivity index (χ4n) is 1.98. The topological polar surface area (TPSA) is 74.8 Å². The first-order chi connectivity index (χ1) is 11.1. The Bertz CT molecular complexity index is 887. The predicted molar refractivity (Wildman–Crippen MR) is 85.7 cm³/mol. The number of thiazole rings is 1. The van der Waals surface area contributed by atoms with Gasteiger partial charge in [0, 0.05) is 17.0 Å². The van der Waals surface area contributed by atoms with Crippen molar-refractivity contribution in [2.45, 2.75) is 6.54 Å². The van der Waals surface area contributed by atoms with Gasteiger partial charge in [0.15, 0.2) is 0 Å². The number of pyridine rings is 1. The minimum absolute atomic E-state index is 0.202. The van der Waals surface area contributed by atoms with E-state index in [2.05, 4.69) is 15.3 Å². The lowest BCUT2D eigenvalue weighted by Gasteiger charge is -2.02. The zero-order valence-electron chi connectivity index (χ0n) is 11.9. The number of nitrogens with one attached hydrogen (secondary N) is 2. The molecule has 0 radical (unpaired) electrons. The molecule has 2 aromatic heterocycles. The Labute approximate surface area is 134 Å². The lowest BCUT2D eigenvalue weighted by atomic mass is 10.2. The van der Waals surface area contributed by atoms with Crippen LogP contribution in [0.25, 0.3) is 11.3 Å². The molecule has 3 rings (SSSR count). The van der Waals surface area contributed by atoms with Crippen molar-refractivity contribution < 1.29 is 9.18 Å². The molecule has 116 valence electrons. The second kappa shape index (κ2) is 6.53. The first kappa shape index (κ1) is 15.1. The van der Waals surface area contributed by atoms with Crippen LogP contribution in [0.15, 0.2) is 52.6 Å². The Hall–Kier alpha value is -2.80. The van der Waals surface area contributed by atoms with Crippen molar-refractivity contribution in [3.05, 3.63) is 74.7 Å². The molecule has 0 aliphatic carbocycles. The van der Waals surface area contributed by atoms with Crippen molar-refractivity contribution in [3.63, 3.8) is 0 Å². The Kier molecular flexibility index (Phi) is 4.29. The summed E-state index contributed by atoms with van der Waals surface area (Å²) < 4.78 is 12.9. The van der Waals surface area contributed by atoms with Crippen LogP contribution in [0, 0.1) is 5.82 Å². The standard InChI is InChI=1S/C16H12FN3O2S/c17-11-6-4-10(5-7-11)13-9-23-15(20-13)8-18-16(22)12-2-1-3-14(21)19-12/h1-7,9H,8H2,(H,18,22)(H,19,21). The Morgan fingerprint density at radius 1 is 1.22 bits per heavy atom. The van der Waals surface area contributed by atoms with E-state index in [0.29, 0.717) is 0 Å². The van der Waals surface area contributed by atoms with E-state index < -0.39 is 0 Å². The van der Waals surface area contributed by atoms with Gasteiger partial charge in [-0.3, -0.25) is 9.59 Å². The van der Waals surface area contributed by atoms with Gasteiger partial charge in [0.25, 0.3) is 5.91 Å². The molecule has 0 fully saturated rings. The number of amides is 1. The largest absolute Gasteiger partial charge is 0.344 e. The van der Waals surface area contributed by atoms with Crippen LogP contribution >= 0.6 is 11.3 Å². The van der Waals surface area contributed by atoms with Gasteiger partial charge < -0.3 is 10.3 Å². The number of carbonyl (C=O) groups excluding carboxylic acids is 1. The Morgan fingerprint density at radius 3 is 2.74 bits per heavy atom. The summed E-state index contributed by atoms with van der Waals surface area (Å²) in [5.41, 5.74) is 1.42. The van der Waals surface area contributed by atoms with Crippen LogP contribution < -0.4 is 10.9 Å². The van der Waals surface area contributed by atoms with Crippen molar-refractivity contribution in [1.29, 1.82) is 0 Å². The monoisotopic (exact) mass is 329 g/mol. The molecule has 0 saturated heterocycles. The van der Waals surface area contributed by atoms with Gasteiger partial charge in [-0.05, 0) is 30.3 Å². The number of halogens is 1. The number of hydrogen-bond donors (Lipinski definition) is 2. The van der Waals surface area contributed by atoms with E-state index in [1.165, 1.54) is 41.7 Å². The molecule has 0 aliphatic rings. The summed E-state index contributed by atoms with van der Waals surface area (Å²) in [7, 11) is 0. The molecular formula is C16H12FN3O2S. The van der Waals surface area contributed by atoms with Gasteiger partial charge in [0.05, 0.1) is 12.2 Å². The third-order valence-corrected chi connectivity index (χ3v) is 3.95. The van der Waals surface area contributed by atoms with Crippen molar-refractivity contribution in [1.82, 2.24) is 15.3 Å². The van der Waals surface area contributed by atoms with Crippen LogP contribution in [0.4, 0.5) is 4.39 Å². The number of carbonyl (C=O) groups is 1. The van der Waals surface area contributed by atoms with Crippen LogP contribution in [0.3, 0.4) is 0 Å². The average molecular weight is 329 g/mol. The zero-order valence-corrected chi connectivity index (χ0v) is 12.7. The molecule has 7 heteroatoms. The van der Waals surface area contributed by atoms with E-state index >= 15 is 0 Å². The van der Waals surface area contributed by atoms with Gasteiger partial charge in [0.1, 0.15) is 16.5 Å². The highest BCUT2D eigenvalue weighted by Gasteiger charge is 2.09. The summed E-state index contributed by atoms with van der Waals surface area (Å²) in [5.74, 6) is -0.672. The smallest absolute Gasteiger partial charge is 0.268 e. The molecule has 0 unspecified atom stereocenters. The maximum atomic E-state index is 12.9. The van der Waals surface area contributed by atoms with Gasteiger partial charge in [-0.1, -0.05) is 6.07 Å². The number of H-pyrrole nitrogens is 1. The van der Waals surface area contributed by atoms with Crippen LogP contribution in [-0.4, -0.2) is 15.9 Å². The van der Waals surface area contributed by atoms with E-state index in [-0.39, 0.29) is 29.5 Å². The molecule has 0 spiro atoms. The molecular weight excluding hydrogens is 317 g/mol. The Balaban J connectivity index is 1.66. The molecule has 1 amide bonds. The second-order valence-electron chi connectivity index (χ2n) is 4.74. The Morgan fingerprint density at radius 2 is 2.00 bits per heavy atom. The number of aromatic amines is 1. The van der Waals surface area contributed by atoms with E-state index in [1.54, 1.807) is 12.1 Å². The van der Waals surface area contributed by atoms with Crippen molar-refractivity contribution in [2.24, 2.45) is 0 Å². The summed E-state index contributed by atoms with van der Waals surface area (Å²) in [4.78, 5) is 30.0. The fourth-order valence-corrected chi connectivity index (χ4v) is 2.72. The first-order valence-corrected chi connectivity index (χ1v) is 7.68. The quantitative estimate of drug-likeness (QED) is 0.772. The lowest BCUT2D eigenvalue weighted by molar-refractivity contribution is 0.0945. The molecule has 0 aliphatic heterocycles. The fraction of sp³-hybridized carbons (Fsp3) is 0.0625. The molecule has 0 bridgehead atoms. The summed E-state index contributed by atoms with van der Waals surface area (Å²) in [6.07, 6.45) is 0. The molecule has 0 atom stereocenters. The van der Waals surface area contributed by atoms with Gasteiger partial charge in [-0.25, -0.2) is 9.37 Å². The molecule has 0 saturated carbocycles. The third kappa shape index (κ3) is 3.70. The molecule has 3 aromatic rings. The van der Waals surface area contributed by atoms with Crippen molar-refractivity contribution >= 4 is 17.2 Å². The normalized spacial score (nSPS) is 10.5. The first-order valence-electron chi connectivity index (χ1n) is 6.80. The average Bonchev–Trinajstić information content (AvgIpc) is 3.02. The highest BCUT2D eigenvalue weighted by atomic mass is 32.1. The van der Waals surface area contributed by atoms with Crippen LogP contribution in [0.1, 0.15) is 15.5 Å². The number of hydrogen-bond acceptors (Lipinski definition) is 4. The highest BCUT2D eigenvalue weighted by molar-refractivity contribution is 7.09. The molecule has 2 N–H and O–H groups in total. The maximum Gasteiger partial charge on any atom is 0.268 e. The minimum atomic E-state index is -0.374. The number of rotatable bonds is 4. The van der Waals surface area contributed by atoms with E-state index in [4.69, 9.17) is 0 Å². The van der Waals surface area contributed by atoms with Crippen LogP contribution in [0.5, 0.6) is 0 Å². The van der Waals surface area contributed by atoms with Crippen LogP contribution in [0.2, 0.25) is 0 Å². The maximum absolute atomic E-state index is 12.9.